The van der Waals surface area contributed by atoms with E-state index in [0.717, 1.165) is 0 Å². The van der Waals surface area contributed by atoms with Crippen LogP contribution in [0.15, 0.2) is 30.3 Å². The first-order valence-electron chi connectivity index (χ1n) is 7.84. The summed E-state index contributed by atoms with van der Waals surface area (Å²) in [7, 11) is 3.06. The molecule has 7 heteroatoms. The highest BCUT2D eigenvalue weighted by molar-refractivity contribution is 6.04. The SMILES string of the molecule is COc1cc(NC(=O)c2cc(C)c(OCC(=O)O)c(C)c2)cc(OC)c1. The molecule has 0 aliphatic carbocycles. The number of hydrogen-bond donors (Lipinski definition) is 2. The van der Waals surface area contributed by atoms with Gasteiger partial charge < -0.3 is 24.6 Å². The number of carbonyl (C=O) groups excluding carboxylic acids is 1. The maximum atomic E-state index is 12.6. The quantitative estimate of drug-likeness (QED) is 0.789. The van der Waals surface area contributed by atoms with E-state index < -0.39 is 12.6 Å². The Hall–Kier alpha value is -3.22. The number of carboxylic acids is 1. The molecule has 0 radical (unpaired) electrons. The summed E-state index contributed by atoms with van der Waals surface area (Å²) in [6.07, 6.45) is 0. The highest BCUT2D eigenvalue weighted by Crippen LogP contribution is 2.28. The molecule has 1 amide bonds. The van der Waals surface area contributed by atoms with Gasteiger partial charge in [0.05, 0.1) is 14.2 Å². The molecule has 0 saturated carbocycles. The number of amides is 1. The second-order valence-corrected chi connectivity index (χ2v) is 5.68. The standard InChI is InChI=1S/C19H21NO6/c1-11-5-13(6-12(2)18(11)26-10-17(21)22)19(23)20-14-7-15(24-3)9-16(8-14)25-4/h5-9H,10H2,1-4H3,(H,20,23)(H,21,22). The van der Waals surface area contributed by atoms with Gasteiger partial charge in [0.2, 0.25) is 0 Å². The maximum Gasteiger partial charge on any atom is 0.341 e. The van der Waals surface area contributed by atoms with Gasteiger partial charge in [-0.15, -0.1) is 0 Å². The highest BCUT2D eigenvalue weighted by atomic mass is 16.5. The predicted molar refractivity (Wildman–Crippen MR) is 96.5 cm³/mol. The maximum absolute atomic E-state index is 12.6. The third kappa shape index (κ3) is 4.66. The molecule has 2 aromatic rings. The summed E-state index contributed by atoms with van der Waals surface area (Å²) >= 11 is 0. The molecule has 0 aliphatic heterocycles. The Morgan fingerprint density at radius 3 is 1.96 bits per heavy atom. The Morgan fingerprint density at radius 1 is 0.962 bits per heavy atom. The number of carboxylic acid groups (broad SMARTS) is 1. The van der Waals surface area contributed by atoms with Crippen molar-refractivity contribution < 1.29 is 28.9 Å². The van der Waals surface area contributed by atoms with Crippen LogP contribution in [0, 0.1) is 13.8 Å². The van der Waals surface area contributed by atoms with E-state index in [-0.39, 0.29) is 5.91 Å². The number of anilines is 1. The minimum Gasteiger partial charge on any atom is -0.497 e. The molecule has 0 aliphatic rings. The molecule has 0 saturated heterocycles. The van der Waals surface area contributed by atoms with Gasteiger partial charge in [-0.25, -0.2) is 4.79 Å². The number of nitrogens with one attached hydrogen (secondary N) is 1. The van der Waals surface area contributed by atoms with Crippen molar-refractivity contribution in [3.8, 4) is 17.2 Å². The fourth-order valence-corrected chi connectivity index (χ4v) is 2.53. The van der Waals surface area contributed by atoms with Gasteiger partial charge >= 0.3 is 5.97 Å². The van der Waals surface area contributed by atoms with E-state index in [9.17, 15) is 9.59 Å². The monoisotopic (exact) mass is 359 g/mol. The van der Waals surface area contributed by atoms with Crippen LogP contribution in [0.4, 0.5) is 5.69 Å². The summed E-state index contributed by atoms with van der Waals surface area (Å²) in [6.45, 7) is 3.09. The van der Waals surface area contributed by atoms with E-state index in [4.69, 9.17) is 19.3 Å². The van der Waals surface area contributed by atoms with E-state index >= 15 is 0 Å². The van der Waals surface area contributed by atoms with Crippen molar-refractivity contribution in [1.29, 1.82) is 0 Å². The number of hydrogen-bond acceptors (Lipinski definition) is 5. The number of ether oxygens (including phenoxy) is 3. The minimum absolute atomic E-state index is 0.309. The molecule has 2 aromatic carbocycles. The third-order valence-corrected chi connectivity index (χ3v) is 3.67. The van der Waals surface area contributed by atoms with Gasteiger partial charge in [0, 0.05) is 29.4 Å². The molecule has 7 nitrogen and oxygen atoms in total. The summed E-state index contributed by atoms with van der Waals surface area (Å²) in [4.78, 5) is 23.2. The normalized spacial score (nSPS) is 10.2. The molecule has 2 N–H and O–H groups in total. The molecule has 2 rings (SSSR count). The summed E-state index contributed by atoms with van der Waals surface area (Å²) in [5, 5.41) is 11.5. The van der Waals surface area contributed by atoms with Crippen molar-refractivity contribution in [2.24, 2.45) is 0 Å². The van der Waals surface area contributed by atoms with Gasteiger partial charge in [-0.1, -0.05) is 0 Å². The lowest BCUT2D eigenvalue weighted by atomic mass is 10.0. The predicted octanol–water partition coefficient (Wildman–Crippen LogP) is 3.04. The number of aryl methyl sites for hydroxylation is 2. The molecule has 0 atom stereocenters. The molecule has 138 valence electrons. The van der Waals surface area contributed by atoms with Crippen molar-refractivity contribution in [2.75, 3.05) is 26.1 Å². The summed E-state index contributed by atoms with van der Waals surface area (Å²) < 4.78 is 15.7. The number of carbonyl (C=O) groups is 2. The van der Waals surface area contributed by atoms with Crippen LogP contribution in [0.25, 0.3) is 0 Å². The van der Waals surface area contributed by atoms with E-state index in [2.05, 4.69) is 5.32 Å². The Balaban J connectivity index is 2.23. The van der Waals surface area contributed by atoms with Crippen molar-refractivity contribution in [3.05, 3.63) is 47.0 Å². The molecule has 0 fully saturated rings. The van der Waals surface area contributed by atoms with Crippen molar-refractivity contribution >= 4 is 17.6 Å². The Morgan fingerprint density at radius 2 is 1.50 bits per heavy atom. The van der Waals surface area contributed by atoms with Crippen LogP contribution in [0.1, 0.15) is 21.5 Å². The molecule has 0 bridgehead atoms. The van der Waals surface area contributed by atoms with E-state index in [1.807, 2.05) is 0 Å². The first kappa shape index (κ1) is 19.1. The lowest BCUT2D eigenvalue weighted by molar-refractivity contribution is -0.139. The Kier molecular flexibility index (Phi) is 6.06. The lowest BCUT2D eigenvalue weighted by Crippen LogP contribution is -2.14. The zero-order valence-electron chi connectivity index (χ0n) is 15.1. The van der Waals surface area contributed by atoms with Crippen molar-refractivity contribution in [3.63, 3.8) is 0 Å². The van der Waals surface area contributed by atoms with Crippen LogP contribution in [-0.4, -0.2) is 37.8 Å². The number of rotatable bonds is 7. The zero-order valence-corrected chi connectivity index (χ0v) is 15.1. The molecule has 0 aromatic heterocycles. The Bertz CT molecular complexity index is 786. The molecular weight excluding hydrogens is 338 g/mol. The van der Waals surface area contributed by atoms with Crippen molar-refractivity contribution in [1.82, 2.24) is 0 Å². The lowest BCUT2D eigenvalue weighted by Gasteiger charge is -2.14. The third-order valence-electron chi connectivity index (χ3n) is 3.67. The largest absolute Gasteiger partial charge is 0.497 e. The number of benzene rings is 2. The van der Waals surface area contributed by atoms with Gasteiger partial charge in [-0.05, 0) is 37.1 Å². The molecule has 0 heterocycles. The van der Waals surface area contributed by atoms with Crippen LogP contribution in [0.5, 0.6) is 17.2 Å². The molecule has 0 spiro atoms. The van der Waals surface area contributed by atoms with Gasteiger partial charge in [0.15, 0.2) is 6.61 Å². The van der Waals surface area contributed by atoms with Gasteiger partial charge in [0.1, 0.15) is 17.2 Å². The summed E-state index contributed by atoms with van der Waals surface area (Å²) in [5.41, 5.74) is 2.33. The van der Waals surface area contributed by atoms with Crippen LogP contribution in [0.2, 0.25) is 0 Å². The summed E-state index contributed by atoms with van der Waals surface area (Å²) in [5.74, 6) is 0.217. The highest BCUT2D eigenvalue weighted by Gasteiger charge is 2.14. The average Bonchev–Trinajstić information content (AvgIpc) is 2.60. The number of aliphatic carboxylic acids is 1. The van der Waals surface area contributed by atoms with Crippen LogP contribution >= 0.6 is 0 Å². The van der Waals surface area contributed by atoms with Gasteiger partial charge in [-0.3, -0.25) is 4.79 Å². The molecular formula is C19H21NO6. The smallest absolute Gasteiger partial charge is 0.341 e. The topological polar surface area (TPSA) is 94.1 Å². The number of methoxy groups -OCH3 is 2. The molecule has 0 unspecified atom stereocenters. The minimum atomic E-state index is -1.06. The van der Waals surface area contributed by atoms with Crippen LogP contribution in [0.3, 0.4) is 0 Å². The fourth-order valence-electron chi connectivity index (χ4n) is 2.53. The average molecular weight is 359 g/mol. The first-order chi connectivity index (χ1) is 12.3. The van der Waals surface area contributed by atoms with Gasteiger partial charge in [0.25, 0.3) is 5.91 Å². The van der Waals surface area contributed by atoms with Crippen molar-refractivity contribution in [2.45, 2.75) is 13.8 Å². The van der Waals surface area contributed by atoms with Crippen LogP contribution < -0.4 is 19.5 Å². The van der Waals surface area contributed by atoms with E-state index in [0.29, 0.717) is 39.6 Å². The second kappa shape index (κ2) is 8.24. The summed E-state index contributed by atoms with van der Waals surface area (Å²) in [6, 6.07) is 8.38. The molecule has 26 heavy (non-hydrogen) atoms. The van der Waals surface area contributed by atoms with Gasteiger partial charge in [-0.2, -0.15) is 0 Å². The van der Waals surface area contributed by atoms with E-state index in [1.54, 1.807) is 44.2 Å². The Labute approximate surface area is 151 Å². The zero-order chi connectivity index (χ0) is 19.3. The van der Waals surface area contributed by atoms with E-state index in [1.165, 1.54) is 14.2 Å². The second-order valence-electron chi connectivity index (χ2n) is 5.68. The first-order valence-corrected chi connectivity index (χ1v) is 7.84. The fraction of sp³-hybridized carbons (Fsp3) is 0.263. The van der Waals surface area contributed by atoms with Crippen LogP contribution in [-0.2, 0) is 4.79 Å².